The van der Waals surface area contributed by atoms with E-state index in [0.29, 0.717) is 28.6 Å². The van der Waals surface area contributed by atoms with Crippen molar-refractivity contribution in [1.82, 2.24) is 15.0 Å². The van der Waals surface area contributed by atoms with Crippen molar-refractivity contribution in [2.24, 2.45) is 0 Å². The summed E-state index contributed by atoms with van der Waals surface area (Å²) in [5.74, 6) is -0.198. The molecule has 2 aromatic carbocycles. The summed E-state index contributed by atoms with van der Waals surface area (Å²) in [4.78, 5) is 35.6. The zero-order valence-electron chi connectivity index (χ0n) is 14.6. The Bertz CT molecular complexity index is 1030. The maximum atomic E-state index is 12.2. The first-order valence-corrected chi connectivity index (χ1v) is 8.32. The average molecular weight is 367 g/mol. The van der Waals surface area contributed by atoms with Crippen LogP contribution in [-0.4, -0.2) is 33.4 Å². The molecule has 3 rings (SSSR count). The van der Waals surface area contributed by atoms with Gasteiger partial charge in [-0.1, -0.05) is 24.3 Å². The molecule has 8 heteroatoms. The van der Waals surface area contributed by atoms with Crippen LogP contribution in [0.15, 0.2) is 53.3 Å². The monoisotopic (exact) mass is 367 g/mol. The Morgan fingerprint density at radius 1 is 1.07 bits per heavy atom. The number of hydrogen-bond donors (Lipinski definition) is 0. The number of ether oxygens (including phenoxy) is 2. The molecule has 1 heterocycles. The Kier molecular flexibility index (Phi) is 5.55. The van der Waals surface area contributed by atoms with E-state index >= 15 is 0 Å². The number of ketones is 1. The summed E-state index contributed by atoms with van der Waals surface area (Å²) < 4.78 is 11.3. The van der Waals surface area contributed by atoms with Crippen LogP contribution in [0, 0.1) is 0 Å². The Morgan fingerprint density at radius 2 is 1.81 bits per heavy atom. The lowest BCUT2D eigenvalue weighted by Gasteiger charge is -2.08. The molecule has 0 saturated carbocycles. The highest BCUT2D eigenvalue weighted by Crippen LogP contribution is 2.13. The first-order valence-electron chi connectivity index (χ1n) is 8.32. The molecular weight excluding hydrogens is 350 g/mol. The molecule has 0 aliphatic heterocycles. The second kappa shape index (κ2) is 8.22. The zero-order valence-corrected chi connectivity index (χ0v) is 14.6. The van der Waals surface area contributed by atoms with Gasteiger partial charge in [-0.05, 0) is 36.4 Å². The number of esters is 1. The topological polar surface area (TPSA) is 100 Å². The van der Waals surface area contributed by atoms with E-state index in [-0.39, 0.29) is 19.1 Å². The van der Waals surface area contributed by atoms with Crippen LogP contribution in [0.2, 0.25) is 0 Å². The van der Waals surface area contributed by atoms with Crippen LogP contribution in [0.25, 0.3) is 10.9 Å². The van der Waals surface area contributed by atoms with E-state index < -0.39 is 11.5 Å². The van der Waals surface area contributed by atoms with Crippen molar-refractivity contribution < 1.29 is 19.1 Å². The molecule has 1 aromatic heterocycles. The summed E-state index contributed by atoms with van der Waals surface area (Å²) >= 11 is 0. The third-order valence-corrected chi connectivity index (χ3v) is 3.83. The predicted octanol–water partition coefficient (Wildman–Crippen LogP) is 1.96. The zero-order chi connectivity index (χ0) is 19.2. The van der Waals surface area contributed by atoms with Crippen LogP contribution in [-0.2, 0) is 16.3 Å². The fourth-order valence-electron chi connectivity index (χ4n) is 2.37. The number of fused-ring (bicyclic) bond motifs is 1. The Balaban J connectivity index is 1.55. The quantitative estimate of drug-likeness (QED) is 0.465. The first kappa shape index (κ1) is 18.2. The van der Waals surface area contributed by atoms with Crippen LogP contribution < -0.4 is 10.3 Å². The molecule has 8 nitrogen and oxygen atoms in total. The molecule has 138 valence electrons. The summed E-state index contributed by atoms with van der Waals surface area (Å²) in [6.07, 6.45) is 0.420. The molecule has 0 aliphatic rings. The molecule has 0 amide bonds. The molecule has 0 fully saturated rings. The lowest BCUT2D eigenvalue weighted by atomic mass is 10.1. The van der Waals surface area contributed by atoms with Gasteiger partial charge >= 0.3 is 5.97 Å². The van der Waals surface area contributed by atoms with Crippen molar-refractivity contribution in [2.75, 3.05) is 6.61 Å². The maximum absolute atomic E-state index is 12.2. The van der Waals surface area contributed by atoms with Crippen LogP contribution in [0.5, 0.6) is 5.75 Å². The Labute approximate surface area is 154 Å². The van der Waals surface area contributed by atoms with E-state index in [1.165, 1.54) is 0 Å². The summed E-state index contributed by atoms with van der Waals surface area (Å²) in [5, 5.41) is 8.03. The van der Waals surface area contributed by atoms with Crippen molar-refractivity contribution in [3.05, 3.63) is 64.4 Å². The highest BCUT2D eigenvalue weighted by Gasteiger charge is 2.09. The predicted molar refractivity (Wildman–Crippen MR) is 96.4 cm³/mol. The van der Waals surface area contributed by atoms with E-state index in [9.17, 15) is 14.4 Å². The molecular formula is C19H17N3O5. The number of aromatic nitrogens is 3. The summed E-state index contributed by atoms with van der Waals surface area (Å²) in [5.41, 5.74) is 0.658. The van der Waals surface area contributed by atoms with E-state index in [0.717, 1.165) is 4.68 Å². The molecule has 0 radical (unpaired) electrons. The number of hydrogen-bond acceptors (Lipinski definition) is 7. The highest BCUT2D eigenvalue weighted by atomic mass is 16.6. The smallest absolute Gasteiger partial charge is 0.345 e. The van der Waals surface area contributed by atoms with Gasteiger partial charge in [-0.3, -0.25) is 9.59 Å². The number of Topliss-reactive ketones (excluding diaryl/α,β-unsaturated/α-hetero) is 1. The van der Waals surface area contributed by atoms with Crippen LogP contribution in [0.1, 0.15) is 23.7 Å². The molecule has 0 saturated heterocycles. The fourth-order valence-corrected chi connectivity index (χ4v) is 2.37. The van der Waals surface area contributed by atoms with Gasteiger partial charge < -0.3 is 9.47 Å². The molecule has 27 heavy (non-hydrogen) atoms. The van der Waals surface area contributed by atoms with Crippen molar-refractivity contribution in [3.8, 4) is 5.75 Å². The molecule has 0 bridgehead atoms. The van der Waals surface area contributed by atoms with Crippen LogP contribution in [0.4, 0.5) is 0 Å². The normalized spacial score (nSPS) is 10.6. The second-order valence-electron chi connectivity index (χ2n) is 5.65. The van der Waals surface area contributed by atoms with Gasteiger partial charge in [0.1, 0.15) is 11.3 Å². The largest absolute Gasteiger partial charge is 0.482 e. The van der Waals surface area contributed by atoms with Crippen molar-refractivity contribution >= 4 is 22.7 Å². The Morgan fingerprint density at radius 3 is 2.56 bits per heavy atom. The molecule has 0 aliphatic carbocycles. The summed E-state index contributed by atoms with van der Waals surface area (Å²) in [6, 6.07) is 13.3. The van der Waals surface area contributed by atoms with Crippen molar-refractivity contribution in [3.63, 3.8) is 0 Å². The van der Waals surface area contributed by atoms with E-state index in [1.54, 1.807) is 55.5 Å². The summed E-state index contributed by atoms with van der Waals surface area (Å²) in [6.45, 7) is 1.09. The minimum atomic E-state index is -0.662. The van der Waals surface area contributed by atoms with Gasteiger partial charge in [-0.2, -0.15) is 4.68 Å². The van der Waals surface area contributed by atoms with Crippen molar-refractivity contribution in [2.45, 2.75) is 20.1 Å². The maximum Gasteiger partial charge on any atom is 0.345 e. The molecule has 0 N–H and O–H groups in total. The highest BCUT2D eigenvalue weighted by molar-refractivity contribution is 5.95. The lowest BCUT2D eigenvalue weighted by molar-refractivity contribution is -0.150. The standard InChI is InChI=1S/C19H17N3O5/c1-2-17(23)13-7-9-14(10-8-13)26-11-18(24)27-12-22-19(25)15-5-3-4-6-16(15)20-21-22/h3-10H,2,11-12H2,1H3. The van der Waals surface area contributed by atoms with Gasteiger partial charge in [0.25, 0.3) is 5.56 Å². The lowest BCUT2D eigenvalue weighted by Crippen LogP contribution is -2.27. The van der Waals surface area contributed by atoms with Gasteiger partial charge in [-0.15, -0.1) is 5.10 Å². The van der Waals surface area contributed by atoms with Gasteiger partial charge in [0.05, 0.1) is 5.39 Å². The van der Waals surface area contributed by atoms with Gasteiger partial charge in [0.2, 0.25) is 0 Å². The third-order valence-electron chi connectivity index (χ3n) is 3.83. The fraction of sp³-hybridized carbons (Fsp3) is 0.211. The number of carbonyl (C=O) groups is 2. The Hall–Kier alpha value is -3.55. The third kappa shape index (κ3) is 4.35. The van der Waals surface area contributed by atoms with E-state index in [4.69, 9.17) is 9.47 Å². The molecule has 0 atom stereocenters. The van der Waals surface area contributed by atoms with Gasteiger partial charge in [0, 0.05) is 12.0 Å². The number of carbonyl (C=O) groups excluding carboxylic acids is 2. The van der Waals surface area contributed by atoms with Crippen LogP contribution in [0.3, 0.4) is 0 Å². The number of nitrogens with zero attached hydrogens (tertiary/aromatic N) is 3. The second-order valence-corrected chi connectivity index (χ2v) is 5.65. The molecule has 3 aromatic rings. The number of rotatable bonds is 7. The van der Waals surface area contributed by atoms with Gasteiger partial charge in [0.15, 0.2) is 19.1 Å². The van der Waals surface area contributed by atoms with E-state index in [1.807, 2.05) is 0 Å². The van der Waals surface area contributed by atoms with E-state index in [2.05, 4.69) is 10.3 Å². The average Bonchev–Trinajstić information content (AvgIpc) is 2.71. The summed E-state index contributed by atoms with van der Waals surface area (Å²) in [7, 11) is 0. The van der Waals surface area contributed by atoms with Crippen LogP contribution >= 0.6 is 0 Å². The van der Waals surface area contributed by atoms with Crippen molar-refractivity contribution in [1.29, 1.82) is 0 Å². The SMILES string of the molecule is CCC(=O)c1ccc(OCC(=O)OCn2nnc3ccccc3c2=O)cc1. The molecule has 0 spiro atoms. The molecule has 0 unspecified atom stereocenters. The number of benzene rings is 2. The minimum Gasteiger partial charge on any atom is -0.482 e. The van der Waals surface area contributed by atoms with Gasteiger partial charge in [-0.25, -0.2) is 4.79 Å². The first-order chi connectivity index (χ1) is 13.1. The minimum absolute atomic E-state index is 0.0305.